The summed E-state index contributed by atoms with van der Waals surface area (Å²) in [5, 5.41) is 16.5. The number of cyclic esters (lactones) is 1. The molecule has 16 heteroatoms. The topological polar surface area (TPSA) is 187 Å². The van der Waals surface area contributed by atoms with Crippen LogP contribution in [0.15, 0.2) is 60.2 Å². The van der Waals surface area contributed by atoms with Crippen LogP contribution in [0.1, 0.15) is 85.9 Å². The molecule has 16 nitrogen and oxygen atoms in total. The van der Waals surface area contributed by atoms with Crippen molar-refractivity contribution in [3.63, 3.8) is 0 Å². The second-order valence-electron chi connectivity index (χ2n) is 17.5. The van der Waals surface area contributed by atoms with Gasteiger partial charge in [0.05, 0.1) is 41.6 Å². The Labute approximate surface area is 365 Å². The van der Waals surface area contributed by atoms with E-state index in [1.807, 2.05) is 84.8 Å². The number of esters is 2. The molecule has 0 saturated carbocycles. The Kier molecular flexibility index (Phi) is 16.6. The summed E-state index contributed by atoms with van der Waals surface area (Å²) in [4.78, 5) is 57.8. The fourth-order valence-corrected chi connectivity index (χ4v) is 9.24. The van der Waals surface area contributed by atoms with E-state index in [2.05, 4.69) is 9.97 Å². The number of aliphatic hydroxyl groups excluding tert-OH is 1. The van der Waals surface area contributed by atoms with Crippen LogP contribution < -0.4 is 0 Å². The third-order valence-electron chi connectivity index (χ3n) is 12.6. The Morgan fingerprint density at radius 1 is 1.05 bits per heavy atom. The average Bonchev–Trinajstić information content (AvgIpc) is 3.56. The lowest BCUT2D eigenvalue weighted by molar-refractivity contribution is -0.301. The zero-order valence-corrected chi connectivity index (χ0v) is 38.0. The van der Waals surface area contributed by atoms with Crippen LogP contribution in [0.2, 0.25) is 0 Å². The first-order valence-electron chi connectivity index (χ1n) is 21.6. The number of ether oxygens (including phenoxy) is 7. The summed E-state index contributed by atoms with van der Waals surface area (Å²) in [5.74, 6) is -4.27. The first-order chi connectivity index (χ1) is 29.4. The van der Waals surface area contributed by atoms with Gasteiger partial charge in [0.15, 0.2) is 18.0 Å². The van der Waals surface area contributed by atoms with E-state index in [-0.39, 0.29) is 38.0 Å². The lowest BCUT2D eigenvalue weighted by Gasteiger charge is -2.48. The van der Waals surface area contributed by atoms with Gasteiger partial charge < -0.3 is 48.0 Å². The van der Waals surface area contributed by atoms with E-state index in [1.54, 1.807) is 57.7 Å². The number of hydrogen-bond acceptors (Lipinski definition) is 16. The number of likely N-dealkylation sites (N-methyl/N-ethyl adjacent to an activating group) is 1. The maximum absolute atomic E-state index is 14.5. The molecule has 3 fully saturated rings. The number of rotatable bonds is 12. The molecule has 0 unspecified atom stereocenters. The quantitative estimate of drug-likeness (QED) is 0.117. The lowest BCUT2D eigenvalue weighted by Crippen LogP contribution is -2.60. The maximum Gasteiger partial charge on any atom is 0.509 e. The van der Waals surface area contributed by atoms with Gasteiger partial charge in [-0.05, 0) is 90.9 Å². The second-order valence-corrected chi connectivity index (χ2v) is 17.5. The lowest BCUT2D eigenvalue weighted by atomic mass is 9.73. The molecular weight excluding hydrogens is 801 g/mol. The first-order valence-corrected chi connectivity index (χ1v) is 21.6. The molecular formula is C46H66N4O12. The predicted octanol–water partition coefficient (Wildman–Crippen LogP) is 5.80. The third kappa shape index (κ3) is 11.4. The summed E-state index contributed by atoms with van der Waals surface area (Å²) in [5.41, 5.74) is -0.806. The molecule has 5 heterocycles. The normalized spacial score (nSPS) is 36.6. The largest absolute Gasteiger partial charge is 0.509 e. The van der Waals surface area contributed by atoms with Gasteiger partial charge in [-0.15, -0.1) is 0 Å². The standard InChI is InChI=1S/C46H66N4O12/c1-12-35-46(8)41(61-44(54)62-46)29(4)37(49-56-22-16-18-32-17-15-20-47-26-32)27(2)25-45(7,55-11)40(60-43-38(52)34(50(9)10)23-28(3)57-43)30(5)39(31(6)42(53)58-35)59-36(51)24-33-19-13-14-21-48-33/h13-21,26-31,34-35,38-41,43,52H,12,22-25H2,1-11H3/b18-16+,49-37+/t27-,28-,29+,30+,31-,34+,35-,38-,39+,40-,41-,43+,45-,46-/m1/s1. The Hall–Kier alpha value is -4.48. The van der Waals surface area contributed by atoms with Crippen LogP contribution in [0, 0.1) is 23.7 Å². The van der Waals surface area contributed by atoms with Crippen molar-refractivity contribution < 1.29 is 57.5 Å². The van der Waals surface area contributed by atoms with Gasteiger partial charge in [0.25, 0.3) is 0 Å². The minimum Gasteiger partial charge on any atom is -0.461 e. The Balaban J connectivity index is 1.62. The molecule has 62 heavy (non-hydrogen) atoms. The molecule has 0 radical (unpaired) electrons. The molecule has 0 bridgehead atoms. The molecule has 5 rings (SSSR count). The first kappa shape index (κ1) is 48.6. The van der Waals surface area contributed by atoms with E-state index in [4.69, 9.17) is 43.2 Å². The van der Waals surface area contributed by atoms with Crippen LogP contribution in [-0.2, 0) is 54.0 Å². The molecule has 14 atom stereocenters. The van der Waals surface area contributed by atoms with Crippen molar-refractivity contribution in [3.05, 3.63) is 66.3 Å². The SMILES string of the molecule is CC[C@H]1OC(=O)[C@H](C)[C@@H](OC(=O)Cc2ccccn2)[C@H](C)[C@@H](O[C@@H]2O[C@H](C)C[C@H](N(C)C)[C@H]2O)[C@](C)(OC)C[C@@H](C)/C(=N\OC/C=C/c2cccnc2)[C@H](C)[C@H]2OC(=O)O[C@@]21C. The highest BCUT2D eigenvalue weighted by molar-refractivity contribution is 5.89. The van der Waals surface area contributed by atoms with Crippen LogP contribution >= 0.6 is 0 Å². The highest BCUT2D eigenvalue weighted by Gasteiger charge is 2.59. The fraction of sp³-hybridized carbons (Fsp3) is 0.652. The molecule has 0 amide bonds. The predicted molar refractivity (Wildman–Crippen MR) is 228 cm³/mol. The summed E-state index contributed by atoms with van der Waals surface area (Å²) in [7, 11) is 5.33. The van der Waals surface area contributed by atoms with Crippen LogP contribution in [0.4, 0.5) is 4.79 Å². The minimum atomic E-state index is -1.45. The highest BCUT2D eigenvalue weighted by Crippen LogP contribution is 2.43. The molecule has 0 aliphatic carbocycles. The molecule has 3 aliphatic heterocycles. The van der Waals surface area contributed by atoms with E-state index in [9.17, 15) is 19.5 Å². The molecule has 2 aromatic rings. The van der Waals surface area contributed by atoms with Crippen molar-refractivity contribution in [1.29, 1.82) is 0 Å². The van der Waals surface area contributed by atoms with E-state index in [0.29, 0.717) is 17.8 Å². The number of carbonyl (C=O) groups is 3. The smallest absolute Gasteiger partial charge is 0.461 e. The zero-order valence-electron chi connectivity index (χ0n) is 38.0. The van der Waals surface area contributed by atoms with Crippen molar-refractivity contribution in [1.82, 2.24) is 14.9 Å². The van der Waals surface area contributed by atoms with Gasteiger partial charge in [0, 0.05) is 49.5 Å². The average molecular weight is 867 g/mol. The number of oxime groups is 1. The minimum absolute atomic E-state index is 0.112. The number of carbonyl (C=O) groups excluding carboxylic acids is 3. The number of fused-ring (bicyclic) bond motifs is 1. The van der Waals surface area contributed by atoms with Crippen molar-refractivity contribution >= 4 is 29.9 Å². The van der Waals surface area contributed by atoms with Crippen molar-refractivity contribution in [3.8, 4) is 0 Å². The summed E-state index contributed by atoms with van der Waals surface area (Å²) in [6.07, 6.45) is 2.07. The number of methoxy groups -OCH3 is 1. The Morgan fingerprint density at radius 3 is 2.45 bits per heavy atom. The molecule has 1 N–H and O–H groups in total. The summed E-state index contributed by atoms with van der Waals surface area (Å²) >= 11 is 0. The third-order valence-corrected chi connectivity index (χ3v) is 12.6. The van der Waals surface area contributed by atoms with Gasteiger partial charge in [0.2, 0.25) is 0 Å². The van der Waals surface area contributed by atoms with E-state index >= 15 is 0 Å². The van der Waals surface area contributed by atoms with Gasteiger partial charge in [-0.3, -0.25) is 19.6 Å². The van der Waals surface area contributed by atoms with Gasteiger partial charge in [-0.25, -0.2) is 4.79 Å². The van der Waals surface area contributed by atoms with Crippen molar-refractivity contribution in [2.75, 3.05) is 27.8 Å². The summed E-state index contributed by atoms with van der Waals surface area (Å²) in [6.45, 7) is 14.7. The monoisotopic (exact) mass is 866 g/mol. The number of aliphatic hydroxyl groups is 1. The maximum atomic E-state index is 14.5. The summed E-state index contributed by atoms with van der Waals surface area (Å²) in [6, 6.07) is 8.68. The Morgan fingerprint density at radius 2 is 1.81 bits per heavy atom. The number of pyridine rings is 2. The van der Waals surface area contributed by atoms with Crippen LogP contribution in [0.5, 0.6) is 0 Å². The van der Waals surface area contributed by atoms with Crippen LogP contribution in [0.25, 0.3) is 6.08 Å². The highest BCUT2D eigenvalue weighted by atomic mass is 16.8. The van der Waals surface area contributed by atoms with Gasteiger partial charge >= 0.3 is 18.1 Å². The number of hydrogen-bond donors (Lipinski definition) is 1. The van der Waals surface area contributed by atoms with Crippen LogP contribution in [-0.4, -0.2) is 132 Å². The molecule has 3 saturated heterocycles. The number of aromatic nitrogens is 2. The number of nitrogens with zero attached hydrogens (tertiary/aromatic N) is 4. The van der Waals surface area contributed by atoms with E-state index < -0.39 is 89.8 Å². The molecule has 342 valence electrons. The van der Waals surface area contributed by atoms with Gasteiger partial charge in [-0.1, -0.05) is 51.1 Å². The molecule has 3 aliphatic rings. The van der Waals surface area contributed by atoms with Crippen LogP contribution in [0.3, 0.4) is 0 Å². The Bertz CT molecular complexity index is 1850. The van der Waals surface area contributed by atoms with E-state index in [1.165, 1.54) is 0 Å². The second kappa shape index (κ2) is 21.3. The molecule has 2 aromatic heterocycles. The zero-order chi connectivity index (χ0) is 45.4. The summed E-state index contributed by atoms with van der Waals surface area (Å²) < 4.78 is 44.1. The van der Waals surface area contributed by atoms with E-state index in [0.717, 1.165) is 5.56 Å². The van der Waals surface area contributed by atoms with Crippen molar-refractivity contribution in [2.24, 2.45) is 28.8 Å². The van der Waals surface area contributed by atoms with Crippen molar-refractivity contribution in [2.45, 2.75) is 141 Å². The molecule has 0 aromatic carbocycles. The molecule has 0 spiro atoms. The van der Waals surface area contributed by atoms with Gasteiger partial charge in [-0.2, -0.15) is 0 Å². The van der Waals surface area contributed by atoms with Gasteiger partial charge in [0.1, 0.15) is 24.9 Å². The fourth-order valence-electron chi connectivity index (χ4n) is 9.24.